The molecule has 1 aliphatic rings. The molecule has 2 aromatic rings. The van der Waals surface area contributed by atoms with Crippen molar-refractivity contribution in [2.75, 3.05) is 42.0 Å². The summed E-state index contributed by atoms with van der Waals surface area (Å²) in [6, 6.07) is 10.8. The van der Waals surface area contributed by atoms with Crippen molar-refractivity contribution >= 4 is 0 Å². The number of methoxy groups -OCH3 is 4. The number of rotatable bonds is 6. The molecule has 0 radical (unpaired) electrons. The standard InChI is InChI=1S/C21H27NO4/c1-22-9-8-15-12-20(25-4)21(26-5)13-16(15)17(22)10-14-6-7-18(23-2)19(11-14)24-3/h6-7,11-13,17H,8-10H2,1-5H3/p+1/t17-/m0/s1. The fourth-order valence-corrected chi connectivity index (χ4v) is 3.78. The summed E-state index contributed by atoms with van der Waals surface area (Å²) in [5.74, 6) is 3.12. The van der Waals surface area contributed by atoms with Crippen LogP contribution in [0.2, 0.25) is 0 Å². The molecule has 0 fully saturated rings. The zero-order chi connectivity index (χ0) is 18.7. The first-order chi connectivity index (χ1) is 12.6. The van der Waals surface area contributed by atoms with Crippen molar-refractivity contribution in [3.63, 3.8) is 0 Å². The highest BCUT2D eigenvalue weighted by atomic mass is 16.5. The SMILES string of the molecule is COc1ccc(C[C@H]2c3cc(OC)c(OC)cc3CC[NH+]2C)cc1OC. The number of quaternary nitrogens is 1. The van der Waals surface area contributed by atoms with Gasteiger partial charge < -0.3 is 23.8 Å². The second-order valence-corrected chi connectivity index (χ2v) is 6.70. The zero-order valence-electron chi connectivity index (χ0n) is 16.2. The summed E-state index contributed by atoms with van der Waals surface area (Å²) >= 11 is 0. The van der Waals surface area contributed by atoms with E-state index in [1.807, 2.05) is 6.07 Å². The minimum absolute atomic E-state index is 0.358. The summed E-state index contributed by atoms with van der Waals surface area (Å²) in [6.45, 7) is 1.10. The molecule has 1 N–H and O–H groups in total. The highest BCUT2D eigenvalue weighted by molar-refractivity contribution is 5.49. The van der Waals surface area contributed by atoms with E-state index in [9.17, 15) is 0 Å². The molecule has 1 heterocycles. The minimum Gasteiger partial charge on any atom is -0.493 e. The Hall–Kier alpha value is -2.40. The maximum Gasteiger partial charge on any atom is 0.161 e. The number of hydrogen-bond donors (Lipinski definition) is 1. The molecule has 0 spiro atoms. The van der Waals surface area contributed by atoms with E-state index in [0.717, 1.165) is 42.4 Å². The van der Waals surface area contributed by atoms with Crippen LogP contribution in [0.15, 0.2) is 30.3 Å². The summed E-state index contributed by atoms with van der Waals surface area (Å²) in [7, 11) is 8.96. The fourth-order valence-electron chi connectivity index (χ4n) is 3.78. The van der Waals surface area contributed by atoms with Gasteiger partial charge in [0.2, 0.25) is 0 Å². The van der Waals surface area contributed by atoms with E-state index in [4.69, 9.17) is 18.9 Å². The van der Waals surface area contributed by atoms with Gasteiger partial charge in [0.25, 0.3) is 0 Å². The molecule has 1 unspecified atom stereocenters. The Balaban J connectivity index is 1.96. The topological polar surface area (TPSA) is 41.4 Å². The molecular weight excluding hydrogens is 330 g/mol. The molecule has 5 heteroatoms. The predicted octanol–water partition coefficient (Wildman–Crippen LogP) is 2.08. The number of benzene rings is 2. The van der Waals surface area contributed by atoms with Gasteiger partial charge in [0.1, 0.15) is 6.04 Å². The predicted molar refractivity (Wildman–Crippen MR) is 101 cm³/mol. The third-order valence-corrected chi connectivity index (χ3v) is 5.29. The molecule has 2 aromatic carbocycles. The highest BCUT2D eigenvalue weighted by Gasteiger charge is 2.30. The van der Waals surface area contributed by atoms with Gasteiger partial charge >= 0.3 is 0 Å². The van der Waals surface area contributed by atoms with Gasteiger partial charge in [-0.05, 0) is 35.4 Å². The molecule has 0 saturated heterocycles. The second kappa shape index (κ2) is 7.87. The number of likely N-dealkylation sites (N-methyl/N-ethyl adjacent to an activating group) is 1. The Bertz CT molecular complexity index is 775. The lowest BCUT2D eigenvalue weighted by atomic mass is 9.88. The van der Waals surface area contributed by atoms with Crippen LogP contribution in [0.1, 0.15) is 22.7 Å². The molecule has 140 valence electrons. The Labute approximate surface area is 155 Å². The molecule has 0 saturated carbocycles. The number of fused-ring (bicyclic) bond motifs is 1. The van der Waals surface area contributed by atoms with Crippen molar-refractivity contribution in [3.05, 3.63) is 47.0 Å². The quantitative estimate of drug-likeness (QED) is 0.858. The van der Waals surface area contributed by atoms with Gasteiger partial charge in [-0.25, -0.2) is 0 Å². The van der Waals surface area contributed by atoms with Crippen molar-refractivity contribution in [2.24, 2.45) is 0 Å². The van der Waals surface area contributed by atoms with Gasteiger partial charge in [0.15, 0.2) is 23.0 Å². The molecule has 5 nitrogen and oxygen atoms in total. The van der Waals surface area contributed by atoms with Gasteiger partial charge in [-0.1, -0.05) is 6.07 Å². The van der Waals surface area contributed by atoms with Crippen molar-refractivity contribution in [1.82, 2.24) is 0 Å². The maximum absolute atomic E-state index is 5.53. The Morgan fingerprint density at radius 3 is 2.12 bits per heavy atom. The van der Waals surface area contributed by atoms with E-state index in [-0.39, 0.29) is 0 Å². The van der Waals surface area contributed by atoms with Crippen LogP contribution in [0.3, 0.4) is 0 Å². The van der Waals surface area contributed by atoms with Crippen molar-refractivity contribution < 1.29 is 23.8 Å². The second-order valence-electron chi connectivity index (χ2n) is 6.70. The van der Waals surface area contributed by atoms with E-state index in [2.05, 4.69) is 31.3 Å². The van der Waals surface area contributed by atoms with Crippen LogP contribution in [0.4, 0.5) is 0 Å². The zero-order valence-corrected chi connectivity index (χ0v) is 16.2. The van der Waals surface area contributed by atoms with Gasteiger partial charge in [-0.3, -0.25) is 0 Å². The van der Waals surface area contributed by atoms with Gasteiger partial charge in [0, 0.05) is 18.4 Å². The molecule has 0 amide bonds. The fraction of sp³-hybridized carbons (Fsp3) is 0.429. The summed E-state index contributed by atoms with van der Waals surface area (Å²) in [4.78, 5) is 1.50. The molecule has 1 aliphatic heterocycles. The normalized spacial score (nSPS) is 18.8. The van der Waals surface area contributed by atoms with Crippen LogP contribution in [0, 0.1) is 0 Å². The molecule has 3 rings (SSSR count). The van der Waals surface area contributed by atoms with E-state index in [0.29, 0.717) is 6.04 Å². The van der Waals surface area contributed by atoms with E-state index in [1.165, 1.54) is 21.6 Å². The molecular formula is C21H28NO4+. The van der Waals surface area contributed by atoms with Crippen LogP contribution in [-0.4, -0.2) is 42.0 Å². The third kappa shape index (κ3) is 3.44. The van der Waals surface area contributed by atoms with Crippen LogP contribution >= 0.6 is 0 Å². The van der Waals surface area contributed by atoms with Crippen LogP contribution in [0.5, 0.6) is 23.0 Å². The summed E-state index contributed by atoms with van der Waals surface area (Å²) in [5, 5.41) is 0. The molecule has 0 aliphatic carbocycles. The summed E-state index contributed by atoms with van der Waals surface area (Å²) < 4.78 is 21.8. The highest BCUT2D eigenvalue weighted by Crippen LogP contribution is 2.36. The molecule has 2 atom stereocenters. The van der Waals surface area contributed by atoms with Crippen LogP contribution < -0.4 is 23.8 Å². The lowest BCUT2D eigenvalue weighted by molar-refractivity contribution is -0.914. The van der Waals surface area contributed by atoms with Gasteiger partial charge in [-0.2, -0.15) is 0 Å². The summed E-state index contributed by atoms with van der Waals surface area (Å²) in [5.41, 5.74) is 3.91. The van der Waals surface area contributed by atoms with E-state index < -0.39 is 0 Å². The lowest BCUT2D eigenvalue weighted by Gasteiger charge is -2.32. The number of ether oxygens (including phenoxy) is 4. The van der Waals surface area contributed by atoms with Crippen molar-refractivity contribution in [3.8, 4) is 23.0 Å². The largest absolute Gasteiger partial charge is 0.493 e. The summed E-state index contributed by atoms with van der Waals surface area (Å²) in [6.07, 6.45) is 1.97. The molecule has 0 bridgehead atoms. The maximum atomic E-state index is 5.53. The van der Waals surface area contributed by atoms with Crippen molar-refractivity contribution in [2.45, 2.75) is 18.9 Å². The van der Waals surface area contributed by atoms with Gasteiger partial charge in [0.05, 0.1) is 42.0 Å². The lowest BCUT2D eigenvalue weighted by Crippen LogP contribution is -3.10. The average molecular weight is 358 g/mol. The molecule has 0 aromatic heterocycles. The minimum atomic E-state index is 0.358. The number of hydrogen-bond acceptors (Lipinski definition) is 4. The Kier molecular flexibility index (Phi) is 5.57. The van der Waals surface area contributed by atoms with Gasteiger partial charge in [-0.15, -0.1) is 0 Å². The van der Waals surface area contributed by atoms with Crippen LogP contribution in [-0.2, 0) is 12.8 Å². The number of nitrogens with one attached hydrogen (secondary N) is 1. The Morgan fingerprint density at radius 1 is 0.846 bits per heavy atom. The van der Waals surface area contributed by atoms with E-state index >= 15 is 0 Å². The van der Waals surface area contributed by atoms with E-state index in [1.54, 1.807) is 28.4 Å². The van der Waals surface area contributed by atoms with Crippen molar-refractivity contribution in [1.29, 1.82) is 0 Å². The smallest absolute Gasteiger partial charge is 0.161 e. The van der Waals surface area contributed by atoms with Crippen LogP contribution in [0.25, 0.3) is 0 Å². The first-order valence-electron chi connectivity index (χ1n) is 8.89. The monoisotopic (exact) mass is 358 g/mol. The average Bonchev–Trinajstić information content (AvgIpc) is 2.68. The Morgan fingerprint density at radius 2 is 1.46 bits per heavy atom. The first-order valence-corrected chi connectivity index (χ1v) is 8.89. The molecule has 26 heavy (non-hydrogen) atoms. The third-order valence-electron chi connectivity index (χ3n) is 5.29. The first kappa shape index (κ1) is 18.4.